The SMILES string of the molecule is C#CC(=O)Cc1cc(C)ccc1C. The Hall–Kier alpha value is -1.55. The average Bonchev–Trinajstić information content (AvgIpc) is 2.11. The molecule has 0 atom stereocenters. The van der Waals surface area contributed by atoms with E-state index in [-0.39, 0.29) is 5.78 Å². The van der Waals surface area contributed by atoms with Gasteiger partial charge in [0.15, 0.2) is 0 Å². The third-order valence-corrected chi connectivity index (χ3v) is 2.02. The number of benzene rings is 1. The summed E-state index contributed by atoms with van der Waals surface area (Å²) < 4.78 is 0. The molecule has 0 unspecified atom stereocenters. The molecular formula is C12H12O. The lowest BCUT2D eigenvalue weighted by Crippen LogP contribution is -2.00. The molecule has 0 aliphatic rings. The molecule has 0 saturated heterocycles. The van der Waals surface area contributed by atoms with Gasteiger partial charge in [-0.3, -0.25) is 4.79 Å². The number of carbonyl (C=O) groups excluding carboxylic acids is 1. The summed E-state index contributed by atoms with van der Waals surface area (Å²) in [5, 5.41) is 0. The van der Waals surface area contributed by atoms with Crippen molar-refractivity contribution in [1.29, 1.82) is 0 Å². The molecule has 0 heterocycles. The van der Waals surface area contributed by atoms with E-state index in [0.29, 0.717) is 6.42 Å². The van der Waals surface area contributed by atoms with Crippen molar-refractivity contribution in [2.24, 2.45) is 0 Å². The summed E-state index contributed by atoms with van der Waals surface area (Å²) in [7, 11) is 0. The molecule has 1 nitrogen and oxygen atoms in total. The largest absolute Gasteiger partial charge is 0.285 e. The first-order valence-corrected chi connectivity index (χ1v) is 4.19. The number of rotatable bonds is 2. The number of aryl methyl sites for hydroxylation is 2. The van der Waals surface area contributed by atoms with Gasteiger partial charge in [0.25, 0.3) is 0 Å². The molecule has 0 N–H and O–H groups in total. The summed E-state index contributed by atoms with van der Waals surface area (Å²) in [5.74, 6) is 1.96. The zero-order valence-electron chi connectivity index (χ0n) is 7.92. The second kappa shape index (κ2) is 3.91. The minimum Gasteiger partial charge on any atom is -0.285 e. The molecule has 0 fully saturated rings. The highest BCUT2D eigenvalue weighted by molar-refractivity contribution is 5.96. The fourth-order valence-corrected chi connectivity index (χ4v) is 1.21. The predicted molar refractivity (Wildman–Crippen MR) is 53.5 cm³/mol. The minimum absolute atomic E-state index is 0.159. The first kappa shape index (κ1) is 9.54. The van der Waals surface area contributed by atoms with E-state index in [4.69, 9.17) is 6.42 Å². The Morgan fingerprint density at radius 2 is 2.15 bits per heavy atom. The Morgan fingerprint density at radius 1 is 1.46 bits per heavy atom. The van der Waals surface area contributed by atoms with Gasteiger partial charge in [0.1, 0.15) is 0 Å². The lowest BCUT2D eigenvalue weighted by atomic mass is 10.0. The van der Waals surface area contributed by atoms with Crippen LogP contribution in [-0.2, 0) is 11.2 Å². The van der Waals surface area contributed by atoms with Crippen molar-refractivity contribution < 1.29 is 4.79 Å². The van der Waals surface area contributed by atoms with E-state index >= 15 is 0 Å². The highest BCUT2D eigenvalue weighted by Crippen LogP contribution is 2.11. The fraction of sp³-hybridized carbons (Fsp3) is 0.250. The van der Waals surface area contributed by atoms with Crippen LogP contribution in [0, 0.1) is 26.2 Å². The molecule has 0 bridgehead atoms. The maximum atomic E-state index is 11.0. The summed E-state index contributed by atoms with van der Waals surface area (Å²) in [6.07, 6.45) is 5.36. The zero-order chi connectivity index (χ0) is 9.84. The van der Waals surface area contributed by atoms with E-state index in [9.17, 15) is 4.79 Å². The van der Waals surface area contributed by atoms with Crippen molar-refractivity contribution in [2.45, 2.75) is 20.3 Å². The van der Waals surface area contributed by atoms with Crippen LogP contribution >= 0.6 is 0 Å². The van der Waals surface area contributed by atoms with E-state index in [1.165, 1.54) is 0 Å². The van der Waals surface area contributed by atoms with Crippen LogP contribution in [0.15, 0.2) is 18.2 Å². The van der Waals surface area contributed by atoms with Crippen LogP contribution in [0.1, 0.15) is 16.7 Å². The van der Waals surface area contributed by atoms with Crippen molar-refractivity contribution in [1.82, 2.24) is 0 Å². The third-order valence-electron chi connectivity index (χ3n) is 2.02. The topological polar surface area (TPSA) is 17.1 Å². The van der Waals surface area contributed by atoms with E-state index in [2.05, 4.69) is 5.92 Å². The van der Waals surface area contributed by atoms with Gasteiger partial charge < -0.3 is 0 Å². The molecule has 1 aromatic rings. The second-order valence-electron chi connectivity index (χ2n) is 3.17. The second-order valence-corrected chi connectivity index (χ2v) is 3.17. The molecule has 0 aliphatic carbocycles. The predicted octanol–water partition coefficient (Wildman–Crippen LogP) is 2.05. The maximum Gasteiger partial charge on any atom is 0.209 e. The van der Waals surface area contributed by atoms with Crippen LogP contribution in [0.5, 0.6) is 0 Å². The van der Waals surface area contributed by atoms with Gasteiger partial charge in [0.2, 0.25) is 5.78 Å². The van der Waals surface area contributed by atoms with Gasteiger partial charge in [-0.1, -0.05) is 23.8 Å². The van der Waals surface area contributed by atoms with Crippen LogP contribution in [0.4, 0.5) is 0 Å². The maximum absolute atomic E-state index is 11.0. The van der Waals surface area contributed by atoms with Gasteiger partial charge in [-0.05, 0) is 30.9 Å². The fourth-order valence-electron chi connectivity index (χ4n) is 1.21. The van der Waals surface area contributed by atoms with Crippen LogP contribution in [0.2, 0.25) is 0 Å². The molecule has 1 aromatic carbocycles. The molecule has 0 radical (unpaired) electrons. The monoisotopic (exact) mass is 172 g/mol. The number of ketones is 1. The van der Waals surface area contributed by atoms with Crippen molar-refractivity contribution in [2.75, 3.05) is 0 Å². The third kappa shape index (κ3) is 2.45. The number of Topliss-reactive ketones (excluding diaryl/α,β-unsaturated/α-hetero) is 1. The Bertz CT molecular complexity index is 369. The normalized spacial score (nSPS) is 9.31. The van der Waals surface area contributed by atoms with Gasteiger partial charge >= 0.3 is 0 Å². The summed E-state index contributed by atoms with van der Waals surface area (Å²) in [4.78, 5) is 11.0. The molecule has 0 aromatic heterocycles. The van der Waals surface area contributed by atoms with Gasteiger partial charge in [0, 0.05) is 6.42 Å². The Balaban J connectivity index is 2.95. The molecule has 1 rings (SSSR count). The number of hydrogen-bond donors (Lipinski definition) is 0. The summed E-state index contributed by atoms with van der Waals surface area (Å²) in [6.45, 7) is 3.99. The van der Waals surface area contributed by atoms with E-state index in [0.717, 1.165) is 16.7 Å². The smallest absolute Gasteiger partial charge is 0.209 e. The lowest BCUT2D eigenvalue weighted by molar-refractivity contribution is -0.113. The average molecular weight is 172 g/mol. The van der Waals surface area contributed by atoms with Crippen LogP contribution in [0.25, 0.3) is 0 Å². The number of hydrogen-bond acceptors (Lipinski definition) is 1. The zero-order valence-corrected chi connectivity index (χ0v) is 7.92. The van der Waals surface area contributed by atoms with Crippen LogP contribution < -0.4 is 0 Å². The van der Waals surface area contributed by atoms with Crippen molar-refractivity contribution in [3.8, 4) is 12.3 Å². The van der Waals surface area contributed by atoms with Crippen molar-refractivity contribution >= 4 is 5.78 Å². The quantitative estimate of drug-likeness (QED) is 0.493. The van der Waals surface area contributed by atoms with Crippen LogP contribution in [-0.4, -0.2) is 5.78 Å². The van der Waals surface area contributed by atoms with E-state index in [1.807, 2.05) is 32.0 Å². The van der Waals surface area contributed by atoms with Crippen LogP contribution in [0.3, 0.4) is 0 Å². The first-order chi connectivity index (χ1) is 6.13. The standard InChI is InChI=1S/C12H12O/c1-4-12(13)8-11-7-9(2)5-6-10(11)3/h1,5-7H,8H2,2-3H3. The van der Waals surface area contributed by atoms with E-state index in [1.54, 1.807) is 0 Å². The van der Waals surface area contributed by atoms with Gasteiger partial charge in [-0.15, -0.1) is 6.42 Å². The summed E-state index contributed by atoms with van der Waals surface area (Å²) in [5.41, 5.74) is 3.31. The highest BCUT2D eigenvalue weighted by atomic mass is 16.1. The van der Waals surface area contributed by atoms with Gasteiger partial charge in [-0.25, -0.2) is 0 Å². The molecule has 1 heteroatoms. The summed E-state index contributed by atoms with van der Waals surface area (Å²) in [6, 6.07) is 6.04. The number of carbonyl (C=O) groups is 1. The molecule has 0 saturated carbocycles. The molecule has 0 aliphatic heterocycles. The van der Waals surface area contributed by atoms with Gasteiger partial charge in [-0.2, -0.15) is 0 Å². The molecule has 13 heavy (non-hydrogen) atoms. The molecule has 0 amide bonds. The van der Waals surface area contributed by atoms with Crippen molar-refractivity contribution in [3.05, 3.63) is 34.9 Å². The number of terminal acetylenes is 1. The lowest BCUT2D eigenvalue weighted by Gasteiger charge is -2.03. The Morgan fingerprint density at radius 3 is 2.77 bits per heavy atom. The summed E-state index contributed by atoms with van der Waals surface area (Å²) >= 11 is 0. The molecule has 66 valence electrons. The Kier molecular flexibility index (Phi) is 2.87. The van der Waals surface area contributed by atoms with E-state index < -0.39 is 0 Å². The highest BCUT2D eigenvalue weighted by Gasteiger charge is 2.02. The molecular weight excluding hydrogens is 160 g/mol. The minimum atomic E-state index is -0.159. The Labute approximate surface area is 78.8 Å². The van der Waals surface area contributed by atoms with Crippen molar-refractivity contribution in [3.63, 3.8) is 0 Å². The molecule has 0 spiro atoms. The first-order valence-electron chi connectivity index (χ1n) is 4.19. The van der Waals surface area contributed by atoms with Gasteiger partial charge in [0.05, 0.1) is 0 Å².